The van der Waals surface area contributed by atoms with Gasteiger partial charge in [-0.2, -0.15) is 0 Å². The zero-order chi connectivity index (χ0) is 16.8. The molecule has 7 nitrogen and oxygen atoms in total. The van der Waals surface area contributed by atoms with Gasteiger partial charge in [-0.3, -0.25) is 0 Å². The van der Waals surface area contributed by atoms with Gasteiger partial charge in [-0.1, -0.05) is 0 Å². The molecule has 0 bridgehead atoms. The predicted octanol–water partition coefficient (Wildman–Crippen LogP) is -1.41. The average molecular weight is 436 g/mol. The standard InChI is InChI=1S/C16H7INO6/c19-13-9-3-1-7(5-11(9)15(21)23-13)17-18-8-2-4-10-12(6-8)16(22)24-14(10)20/h1-6,18H/q-1. The molecule has 0 unspecified atom stereocenters. The van der Waals surface area contributed by atoms with Gasteiger partial charge in [-0.15, -0.1) is 0 Å². The molecule has 0 saturated carbocycles. The molecule has 8 heteroatoms. The van der Waals surface area contributed by atoms with Gasteiger partial charge >= 0.3 is 145 Å². The van der Waals surface area contributed by atoms with E-state index in [1.54, 1.807) is 30.3 Å². The summed E-state index contributed by atoms with van der Waals surface area (Å²) in [6.07, 6.45) is 0. The van der Waals surface area contributed by atoms with Gasteiger partial charge in [-0.25, -0.2) is 0 Å². The summed E-state index contributed by atoms with van der Waals surface area (Å²) in [5, 5.41) is 0. The van der Waals surface area contributed by atoms with Gasteiger partial charge in [0.1, 0.15) is 0 Å². The quantitative estimate of drug-likeness (QED) is 0.274. The molecule has 1 N–H and O–H groups in total. The van der Waals surface area contributed by atoms with E-state index in [1.807, 2.05) is 0 Å². The number of nitrogens with one attached hydrogen (secondary N) is 1. The number of anilines is 1. The van der Waals surface area contributed by atoms with Crippen molar-refractivity contribution in [3.8, 4) is 0 Å². The second kappa shape index (κ2) is 5.41. The van der Waals surface area contributed by atoms with E-state index in [1.165, 1.54) is 6.07 Å². The third-order valence-electron chi connectivity index (χ3n) is 3.52. The first-order chi connectivity index (χ1) is 11.5. The Morgan fingerprint density at radius 2 is 1.21 bits per heavy atom. The normalized spacial score (nSPS) is 15.2. The number of hydrogen-bond acceptors (Lipinski definition) is 7. The number of carbonyl (C=O) groups excluding carboxylic acids is 4. The summed E-state index contributed by atoms with van der Waals surface area (Å²) in [6.45, 7) is 0. The molecule has 0 atom stereocenters. The Labute approximate surface area is 145 Å². The van der Waals surface area contributed by atoms with Crippen molar-refractivity contribution in [2.24, 2.45) is 0 Å². The molecule has 4 rings (SSSR count). The molecule has 0 saturated heterocycles. The monoisotopic (exact) mass is 436 g/mol. The summed E-state index contributed by atoms with van der Waals surface area (Å²) in [7, 11) is 0. The fourth-order valence-electron chi connectivity index (χ4n) is 2.37. The molecule has 24 heavy (non-hydrogen) atoms. The molecular formula is C16H7INO6-. The Morgan fingerprint density at radius 1 is 0.667 bits per heavy atom. The Bertz CT molecular complexity index is 874. The molecular weight excluding hydrogens is 429 g/mol. The van der Waals surface area contributed by atoms with Crippen molar-refractivity contribution < 1.29 is 50.1 Å². The molecule has 0 fully saturated rings. The molecule has 2 aromatic carbocycles. The first-order valence-corrected chi connectivity index (χ1v) is 8.89. The number of esters is 4. The Morgan fingerprint density at radius 3 is 1.88 bits per heavy atom. The minimum atomic E-state index is -0.733. The van der Waals surface area contributed by atoms with Crippen LogP contribution in [0.15, 0.2) is 36.4 Å². The molecule has 0 spiro atoms. The van der Waals surface area contributed by atoms with Gasteiger partial charge in [-0.05, 0) is 0 Å². The second-order valence-electron chi connectivity index (χ2n) is 4.99. The predicted molar refractivity (Wildman–Crippen MR) is 74.7 cm³/mol. The van der Waals surface area contributed by atoms with Crippen molar-refractivity contribution >= 4 is 29.6 Å². The van der Waals surface area contributed by atoms with Gasteiger partial charge in [0.2, 0.25) is 0 Å². The zero-order valence-electron chi connectivity index (χ0n) is 11.8. The van der Waals surface area contributed by atoms with E-state index in [2.05, 4.69) is 13.0 Å². The second-order valence-corrected chi connectivity index (χ2v) is 7.32. The first-order valence-electron chi connectivity index (χ1n) is 6.74. The molecule has 2 heterocycles. The minimum absolute atomic E-state index is 0.233. The fraction of sp³-hybridized carbons (Fsp3) is 0. The van der Waals surface area contributed by atoms with Gasteiger partial charge in [0.05, 0.1) is 0 Å². The Balaban J connectivity index is 1.54. The van der Waals surface area contributed by atoms with Crippen molar-refractivity contribution in [1.82, 2.24) is 0 Å². The van der Waals surface area contributed by atoms with Crippen molar-refractivity contribution in [3.63, 3.8) is 0 Å². The van der Waals surface area contributed by atoms with Crippen LogP contribution in [0.4, 0.5) is 5.69 Å². The molecule has 2 aromatic rings. The number of carbonyl (C=O) groups is 4. The number of hydrogen-bond donors (Lipinski definition) is 1. The summed E-state index contributed by atoms with van der Waals surface area (Å²) >= 11 is -0.733. The Hall–Kier alpha value is -2.75. The molecule has 0 aliphatic carbocycles. The first kappa shape index (κ1) is 14.8. The summed E-state index contributed by atoms with van der Waals surface area (Å²) in [4.78, 5) is 45.9. The third kappa shape index (κ3) is 2.35. The third-order valence-corrected chi connectivity index (χ3v) is 5.70. The van der Waals surface area contributed by atoms with E-state index in [-0.39, 0.29) is 22.3 Å². The summed E-state index contributed by atoms with van der Waals surface area (Å²) in [5.41, 5.74) is 1.70. The molecule has 2 aliphatic rings. The van der Waals surface area contributed by atoms with Crippen molar-refractivity contribution in [2.45, 2.75) is 0 Å². The van der Waals surface area contributed by atoms with E-state index in [0.717, 1.165) is 3.57 Å². The van der Waals surface area contributed by atoms with Crippen LogP contribution in [0.1, 0.15) is 41.4 Å². The number of fused-ring (bicyclic) bond motifs is 2. The summed E-state index contributed by atoms with van der Waals surface area (Å²) in [6, 6.07) is 9.74. The van der Waals surface area contributed by atoms with Gasteiger partial charge < -0.3 is 0 Å². The SMILES string of the molecule is O=C1OC(=O)c2cc(N[I-]c3ccc4c(c3)C(=O)OC4=O)ccc21. The van der Waals surface area contributed by atoms with E-state index in [0.29, 0.717) is 5.69 Å². The number of rotatable bonds is 3. The number of cyclic esters (lactones) is 4. The van der Waals surface area contributed by atoms with E-state index >= 15 is 0 Å². The van der Waals surface area contributed by atoms with Crippen LogP contribution in [0.5, 0.6) is 0 Å². The average Bonchev–Trinajstić information content (AvgIpc) is 3.02. The summed E-state index contributed by atoms with van der Waals surface area (Å²) < 4.78 is 13.2. The van der Waals surface area contributed by atoms with Crippen LogP contribution in [0.3, 0.4) is 0 Å². The van der Waals surface area contributed by atoms with E-state index in [4.69, 9.17) is 0 Å². The van der Waals surface area contributed by atoms with Crippen molar-refractivity contribution in [1.29, 1.82) is 0 Å². The molecule has 0 amide bonds. The van der Waals surface area contributed by atoms with Crippen LogP contribution in [-0.2, 0) is 9.47 Å². The van der Waals surface area contributed by atoms with Crippen LogP contribution in [-0.4, -0.2) is 23.9 Å². The van der Waals surface area contributed by atoms with Crippen LogP contribution < -0.4 is 25.0 Å². The van der Waals surface area contributed by atoms with Crippen molar-refractivity contribution in [3.05, 3.63) is 62.2 Å². The van der Waals surface area contributed by atoms with E-state index in [9.17, 15) is 19.2 Å². The zero-order valence-corrected chi connectivity index (χ0v) is 13.9. The topological polar surface area (TPSA) is 98.8 Å². The van der Waals surface area contributed by atoms with Gasteiger partial charge in [0.15, 0.2) is 0 Å². The van der Waals surface area contributed by atoms with Gasteiger partial charge in [0.25, 0.3) is 0 Å². The van der Waals surface area contributed by atoms with Crippen LogP contribution in [0.25, 0.3) is 0 Å². The van der Waals surface area contributed by atoms with Crippen LogP contribution in [0, 0.1) is 3.57 Å². The maximum absolute atomic E-state index is 11.6. The number of benzene rings is 2. The maximum atomic E-state index is 11.6. The van der Waals surface area contributed by atoms with Gasteiger partial charge in [0, 0.05) is 0 Å². The molecule has 120 valence electrons. The van der Waals surface area contributed by atoms with Crippen molar-refractivity contribution in [2.75, 3.05) is 3.53 Å². The van der Waals surface area contributed by atoms with Crippen LogP contribution in [0.2, 0.25) is 0 Å². The summed E-state index contributed by atoms with van der Waals surface area (Å²) in [5.74, 6) is -2.57. The Kier molecular flexibility index (Phi) is 3.34. The molecule has 2 aliphatic heterocycles. The fourth-order valence-corrected chi connectivity index (χ4v) is 4.15. The molecule has 0 aromatic heterocycles. The molecule has 0 radical (unpaired) electrons. The van der Waals surface area contributed by atoms with Crippen LogP contribution >= 0.6 is 0 Å². The van der Waals surface area contributed by atoms with E-state index < -0.39 is 45.4 Å². The number of halogens is 1. The number of ether oxygens (including phenoxy) is 2.